The lowest BCUT2D eigenvalue weighted by Crippen LogP contribution is -2.13. The molecule has 0 bridgehead atoms. The van der Waals surface area contributed by atoms with Crippen LogP contribution in [-0.4, -0.2) is 34.4 Å². The highest BCUT2D eigenvalue weighted by atomic mass is 32.2. The molecule has 0 aliphatic heterocycles. The lowest BCUT2D eigenvalue weighted by atomic mass is 10.0. The molecule has 0 amide bonds. The number of fused-ring (bicyclic) bond motifs is 2. The van der Waals surface area contributed by atoms with Crippen molar-refractivity contribution in [3.05, 3.63) is 89.2 Å². The summed E-state index contributed by atoms with van der Waals surface area (Å²) in [6.45, 7) is 1.84. The van der Waals surface area contributed by atoms with Gasteiger partial charge in [0.2, 0.25) is 0 Å². The zero-order valence-corrected chi connectivity index (χ0v) is 20.0. The van der Waals surface area contributed by atoms with E-state index in [1.54, 1.807) is 53.2 Å². The van der Waals surface area contributed by atoms with Gasteiger partial charge < -0.3 is 9.84 Å². The van der Waals surface area contributed by atoms with E-state index in [0.29, 0.717) is 39.8 Å². The molecule has 1 N–H and O–H groups in total. The minimum absolute atomic E-state index is 0.161. The van der Waals surface area contributed by atoms with Gasteiger partial charge in [-0.3, -0.25) is 4.68 Å². The summed E-state index contributed by atoms with van der Waals surface area (Å²) in [7, 11) is -2.36. The Morgan fingerprint density at radius 1 is 1.11 bits per heavy atom. The summed E-state index contributed by atoms with van der Waals surface area (Å²) in [6.07, 6.45) is 3.36. The van der Waals surface area contributed by atoms with Crippen molar-refractivity contribution in [1.82, 2.24) is 13.8 Å². The third kappa shape index (κ3) is 3.83. The Balaban J connectivity index is 1.68. The van der Waals surface area contributed by atoms with E-state index in [1.165, 1.54) is 17.3 Å². The molecule has 9 heteroatoms. The second-order valence-electron chi connectivity index (χ2n) is 8.28. The van der Waals surface area contributed by atoms with E-state index in [2.05, 4.69) is 11.2 Å². The second kappa shape index (κ2) is 8.58. The summed E-state index contributed by atoms with van der Waals surface area (Å²) in [5.41, 5.74) is 3.72. The SMILES string of the molecule is COc1cc(CO)c2c(ccn2S(=O)(=O)c2ccc(C)cc2)c1Cn1cc2ccc(C#N)cc2n1. The zero-order chi connectivity index (χ0) is 24.7. The standard InChI is InChI=1S/C26H22N4O4S/c1-17-3-7-21(8-4-17)35(32,33)30-10-9-22-23(25(34-2)12-20(16-31)26(22)30)15-29-14-19-6-5-18(13-27)11-24(19)28-29/h3-12,14,31H,15-16H2,1-2H3. The number of aromatic nitrogens is 3. The van der Waals surface area contributed by atoms with Gasteiger partial charge in [-0.15, -0.1) is 0 Å². The molecular weight excluding hydrogens is 464 g/mol. The number of hydrogen-bond acceptors (Lipinski definition) is 6. The zero-order valence-electron chi connectivity index (χ0n) is 19.1. The molecule has 8 nitrogen and oxygen atoms in total. The average molecular weight is 487 g/mol. The lowest BCUT2D eigenvalue weighted by Gasteiger charge is -2.15. The van der Waals surface area contributed by atoms with E-state index < -0.39 is 10.0 Å². The number of nitrogens with zero attached hydrogens (tertiary/aromatic N) is 4. The minimum Gasteiger partial charge on any atom is -0.496 e. The van der Waals surface area contributed by atoms with Gasteiger partial charge in [-0.2, -0.15) is 10.4 Å². The van der Waals surface area contributed by atoms with Crippen molar-refractivity contribution in [2.45, 2.75) is 25.0 Å². The number of hydrogen-bond donors (Lipinski definition) is 1. The first-order chi connectivity index (χ1) is 16.8. The first-order valence-corrected chi connectivity index (χ1v) is 12.3. The largest absolute Gasteiger partial charge is 0.496 e. The maximum atomic E-state index is 13.5. The molecule has 0 unspecified atom stereocenters. The highest BCUT2D eigenvalue weighted by molar-refractivity contribution is 7.90. The van der Waals surface area contributed by atoms with Gasteiger partial charge in [-0.05, 0) is 49.4 Å². The van der Waals surface area contributed by atoms with Crippen LogP contribution in [0.25, 0.3) is 21.8 Å². The van der Waals surface area contributed by atoms with Crippen LogP contribution in [0.5, 0.6) is 5.75 Å². The van der Waals surface area contributed by atoms with Crippen molar-refractivity contribution in [1.29, 1.82) is 5.26 Å². The van der Waals surface area contributed by atoms with E-state index in [1.807, 2.05) is 19.2 Å². The highest BCUT2D eigenvalue weighted by Crippen LogP contribution is 2.35. The Morgan fingerprint density at radius 2 is 1.89 bits per heavy atom. The third-order valence-corrected chi connectivity index (χ3v) is 7.75. The topological polar surface area (TPSA) is 110 Å². The van der Waals surface area contributed by atoms with E-state index >= 15 is 0 Å². The van der Waals surface area contributed by atoms with Crippen LogP contribution in [0.4, 0.5) is 0 Å². The summed E-state index contributed by atoms with van der Waals surface area (Å²) in [5, 5.41) is 25.4. The van der Waals surface area contributed by atoms with Crippen LogP contribution in [-0.2, 0) is 23.2 Å². The Kier molecular flexibility index (Phi) is 5.55. The molecule has 0 saturated heterocycles. The van der Waals surface area contributed by atoms with Crippen molar-refractivity contribution in [3.8, 4) is 11.8 Å². The molecule has 0 atom stereocenters. The number of aliphatic hydroxyl groups is 1. The molecule has 0 aliphatic rings. The lowest BCUT2D eigenvalue weighted by molar-refractivity contribution is 0.282. The van der Waals surface area contributed by atoms with Gasteiger partial charge in [-0.1, -0.05) is 17.7 Å². The van der Waals surface area contributed by atoms with Gasteiger partial charge in [0.15, 0.2) is 0 Å². The fourth-order valence-electron chi connectivity index (χ4n) is 4.29. The van der Waals surface area contributed by atoms with Crippen LogP contribution < -0.4 is 4.74 Å². The molecule has 3 aromatic carbocycles. The number of rotatable bonds is 6. The number of benzene rings is 3. The number of ether oxygens (including phenoxy) is 1. The summed E-state index contributed by atoms with van der Waals surface area (Å²) < 4.78 is 35.5. The molecule has 2 aromatic heterocycles. The third-order valence-electron chi connectivity index (χ3n) is 6.06. The normalized spacial score (nSPS) is 11.7. The Hall–Kier alpha value is -4.13. The average Bonchev–Trinajstić information content (AvgIpc) is 3.48. The van der Waals surface area contributed by atoms with Crippen LogP contribution >= 0.6 is 0 Å². The van der Waals surface area contributed by atoms with Crippen molar-refractivity contribution >= 4 is 31.8 Å². The molecule has 0 radical (unpaired) electrons. The summed E-state index contributed by atoms with van der Waals surface area (Å²) in [6, 6.07) is 17.4. The first-order valence-electron chi connectivity index (χ1n) is 10.9. The fourth-order valence-corrected chi connectivity index (χ4v) is 5.67. The summed E-state index contributed by atoms with van der Waals surface area (Å²) >= 11 is 0. The van der Waals surface area contributed by atoms with Gasteiger partial charge in [-0.25, -0.2) is 12.4 Å². The number of aliphatic hydroxyl groups excluding tert-OH is 1. The van der Waals surface area contributed by atoms with Crippen LogP contribution in [0, 0.1) is 18.3 Å². The predicted octanol–water partition coefficient (Wildman–Crippen LogP) is 3.96. The molecule has 176 valence electrons. The van der Waals surface area contributed by atoms with Crippen LogP contribution in [0.15, 0.2) is 71.9 Å². The Labute approximate surface area is 202 Å². The predicted molar refractivity (Wildman–Crippen MR) is 132 cm³/mol. The molecule has 5 aromatic rings. The monoisotopic (exact) mass is 486 g/mol. The molecular formula is C26H22N4O4S. The van der Waals surface area contributed by atoms with Gasteiger partial charge >= 0.3 is 0 Å². The molecule has 35 heavy (non-hydrogen) atoms. The maximum Gasteiger partial charge on any atom is 0.268 e. The van der Waals surface area contributed by atoms with Crippen molar-refractivity contribution in [3.63, 3.8) is 0 Å². The quantitative estimate of drug-likeness (QED) is 0.389. The smallest absolute Gasteiger partial charge is 0.268 e. The van der Waals surface area contributed by atoms with Crippen LogP contribution in [0.3, 0.4) is 0 Å². The number of nitriles is 1. The summed E-state index contributed by atoms with van der Waals surface area (Å²) in [5.74, 6) is 0.518. The molecule has 2 heterocycles. The number of methoxy groups -OCH3 is 1. The maximum absolute atomic E-state index is 13.5. The molecule has 0 spiro atoms. The fraction of sp³-hybridized carbons (Fsp3) is 0.154. The van der Waals surface area contributed by atoms with Crippen molar-refractivity contribution in [2.75, 3.05) is 7.11 Å². The molecule has 5 rings (SSSR count). The van der Waals surface area contributed by atoms with Crippen molar-refractivity contribution in [2.24, 2.45) is 0 Å². The molecule has 0 saturated carbocycles. The molecule has 0 aliphatic carbocycles. The second-order valence-corrected chi connectivity index (χ2v) is 10.1. The summed E-state index contributed by atoms with van der Waals surface area (Å²) in [4.78, 5) is 0.161. The van der Waals surface area contributed by atoms with Gasteiger partial charge in [0.25, 0.3) is 10.0 Å². The minimum atomic E-state index is -3.90. The van der Waals surface area contributed by atoms with E-state index in [9.17, 15) is 13.5 Å². The highest BCUT2D eigenvalue weighted by Gasteiger charge is 2.24. The van der Waals surface area contributed by atoms with E-state index in [4.69, 9.17) is 10.00 Å². The first kappa shape index (κ1) is 22.7. The Morgan fingerprint density at radius 3 is 2.57 bits per heavy atom. The molecule has 0 fully saturated rings. The number of aryl methyl sites for hydroxylation is 1. The van der Waals surface area contributed by atoms with E-state index in [0.717, 1.165) is 16.5 Å². The Bertz CT molecular complexity index is 1730. The van der Waals surface area contributed by atoms with Crippen LogP contribution in [0.2, 0.25) is 0 Å². The van der Waals surface area contributed by atoms with Gasteiger partial charge in [0, 0.05) is 34.3 Å². The van der Waals surface area contributed by atoms with E-state index in [-0.39, 0.29) is 11.5 Å². The van der Waals surface area contributed by atoms with Gasteiger partial charge in [0.05, 0.1) is 47.8 Å². The van der Waals surface area contributed by atoms with Gasteiger partial charge in [0.1, 0.15) is 5.75 Å². The van der Waals surface area contributed by atoms with Crippen LogP contribution in [0.1, 0.15) is 22.3 Å². The van der Waals surface area contributed by atoms with Crippen molar-refractivity contribution < 1.29 is 18.3 Å².